The molecule has 3 rings (SSSR count). The molecule has 0 amide bonds. The van der Waals surface area contributed by atoms with Gasteiger partial charge in [-0.1, -0.05) is 18.2 Å². The second-order valence-electron chi connectivity index (χ2n) is 6.64. The maximum atomic E-state index is 14.9. The average molecular weight is 592 g/mol. The summed E-state index contributed by atoms with van der Waals surface area (Å²) in [7, 11) is -13.6. The summed E-state index contributed by atoms with van der Waals surface area (Å²) in [6.45, 7) is 0. The second-order valence-corrected chi connectivity index (χ2v) is 11.0. The third-order valence-electron chi connectivity index (χ3n) is 4.46. The first-order valence-corrected chi connectivity index (χ1v) is 11.8. The van der Waals surface area contributed by atoms with E-state index in [0.717, 1.165) is 6.07 Å². The molecule has 0 heterocycles. The highest BCUT2D eigenvalue weighted by Gasteiger charge is 2.56. The Morgan fingerprint density at radius 1 is 0.514 bits per heavy atom. The number of hydrogen-bond donors (Lipinski definition) is 0. The molecule has 0 spiro atoms. The maximum Gasteiger partial charge on any atom is 0.524 e. The van der Waals surface area contributed by atoms with Crippen LogP contribution in [-0.2, 0) is 13.7 Å². The van der Waals surface area contributed by atoms with Gasteiger partial charge in [-0.05, 0) is 22.4 Å². The van der Waals surface area contributed by atoms with Crippen molar-refractivity contribution in [1.82, 2.24) is 0 Å². The van der Waals surface area contributed by atoms with Crippen LogP contribution in [0.25, 0.3) is 0 Å². The largest absolute Gasteiger partial charge is 0.524 e. The first kappa shape index (κ1) is 28.6. The normalized spacial score (nSPS) is 13.2. The van der Waals surface area contributed by atoms with Gasteiger partial charge in [0.2, 0.25) is 11.6 Å². The molecule has 0 bridgehead atoms. The number of halogens is 13. The monoisotopic (exact) mass is 592 g/mol. The van der Waals surface area contributed by atoms with Gasteiger partial charge in [0.15, 0.2) is 46.5 Å². The minimum Gasteiger partial charge on any atom is -0.202 e. The number of benzene rings is 3. The summed E-state index contributed by atoms with van der Waals surface area (Å²) in [6, 6.07) is 3.01. The van der Waals surface area contributed by atoms with E-state index in [1.807, 2.05) is 0 Å². The summed E-state index contributed by atoms with van der Waals surface area (Å²) in [4.78, 5) is -6.99. The molecule has 0 aromatic heterocycles. The minimum absolute atomic E-state index is 0.331. The third-order valence-corrected chi connectivity index (χ3v) is 9.37. The van der Waals surface area contributed by atoms with Crippen LogP contribution in [-0.4, -0.2) is 13.9 Å². The lowest BCUT2D eigenvalue weighted by atomic mass is 10.3. The van der Waals surface area contributed by atoms with Crippen molar-refractivity contribution >= 4 is 20.4 Å². The third kappa shape index (κ3) is 4.29. The van der Waals surface area contributed by atoms with E-state index in [0.29, 0.717) is 24.3 Å². The van der Waals surface area contributed by atoms with E-state index >= 15 is 0 Å². The van der Waals surface area contributed by atoms with Crippen LogP contribution in [0.15, 0.2) is 45.0 Å². The molecule has 3 aromatic carbocycles. The van der Waals surface area contributed by atoms with Crippen LogP contribution in [0.2, 0.25) is 0 Å². The van der Waals surface area contributed by atoms with E-state index in [2.05, 4.69) is 3.63 Å². The summed E-state index contributed by atoms with van der Waals surface area (Å²) < 4.78 is 211. The van der Waals surface area contributed by atoms with Gasteiger partial charge >= 0.3 is 15.6 Å². The van der Waals surface area contributed by atoms with Gasteiger partial charge in [0.05, 0.1) is 0 Å². The molecule has 0 fully saturated rings. The first-order valence-electron chi connectivity index (χ1n) is 8.85. The van der Waals surface area contributed by atoms with Gasteiger partial charge in [-0.15, -0.1) is 0 Å². The van der Waals surface area contributed by atoms with Crippen LogP contribution < -0.4 is 0 Å². The van der Waals surface area contributed by atoms with Crippen LogP contribution in [0.3, 0.4) is 0 Å². The molecule has 3 nitrogen and oxygen atoms in total. The number of hydrogen-bond acceptors (Lipinski definition) is 3. The Balaban J connectivity index is 2.79. The standard InChI is InChI=1S/C19H5F13O3S2/c20-7-9(22)13(26)17(14(27)10(7)23)36(6-4-2-1-3-5-6,35-37(33,34)19(30,31)32)18-15(28)11(24)8(21)12(25)16(18)29/h1-5H. The van der Waals surface area contributed by atoms with Crippen LogP contribution in [0.1, 0.15) is 0 Å². The Hall–Kier alpha value is -2.99. The van der Waals surface area contributed by atoms with Crippen molar-refractivity contribution in [2.75, 3.05) is 0 Å². The van der Waals surface area contributed by atoms with Crippen molar-refractivity contribution in [3.8, 4) is 0 Å². The number of rotatable bonds is 5. The van der Waals surface area contributed by atoms with Crippen LogP contribution in [0, 0.1) is 58.2 Å². The summed E-state index contributed by atoms with van der Waals surface area (Å²) in [5.74, 6) is -30.6. The summed E-state index contributed by atoms with van der Waals surface area (Å²) >= 11 is 0. The highest BCUT2D eigenvalue weighted by molar-refractivity contribution is 8.33. The molecule has 202 valence electrons. The molecule has 0 saturated heterocycles. The highest BCUT2D eigenvalue weighted by atomic mass is 32.3. The van der Waals surface area contributed by atoms with Crippen molar-refractivity contribution in [3.63, 3.8) is 0 Å². The molecule has 0 saturated carbocycles. The molecule has 0 aliphatic rings. The predicted octanol–water partition coefficient (Wildman–Crippen LogP) is 7.14. The summed E-state index contributed by atoms with van der Waals surface area (Å²) in [5, 5.41) is 0. The van der Waals surface area contributed by atoms with Gasteiger partial charge in [-0.25, -0.2) is 43.9 Å². The van der Waals surface area contributed by atoms with Gasteiger partial charge in [0, 0.05) is 4.90 Å². The van der Waals surface area contributed by atoms with Gasteiger partial charge in [-0.3, -0.25) is 0 Å². The predicted molar refractivity (Wildman–Crippen MR) is 97.4 cm³/mol. The lowest BCUT2D eigenvalue weighted by Crippen LogP contribution is -2.29. The number of alkyl halides is 3. The second kappa shape index (κ2) is 9.39. The van der Waals surface area contributed by atoms with E-state index < -0.39 is 98.8 Å². The SMILES string of the molecule is O=S(=O)(OS(c1ccccc1)(c1c(F)c(F)c(F)c(F)c1F)c1c(F)c(F)c(F)c(F)c1F)C(F)(F)F. The highest BCUT2D eigenvalue weighted by Crippen LogP contribution is 2.73. The molecule has 18 heteroatoms. The van der Waals surface area contributed by atoms with Crippen LogP contribution in [0.4, 0.5) is 57.1 Å². The van der Waals surface area contributed by atoms with Gasteiger partial charge in [-0.2, -0.15) is 25.2 Å². The van der Waals surface area contributed by atoms with E-state index in [9.17, 15) is 65.5 Å². The van der Waals surface area contributed by atoms with Crippen molar-refractivity contribution in [3.05, 3.63) is 88.5 Å². The topological polar surface area (TPSA) is 43.4 Å². The van der Waals surface area contributed by atoms with Crippen LogP contribution >= 0.6 is 10.3 Å². The first-order chi connectivity index (χ1) is 16.9. The molecule has 0 unspecified atom stereocenters. The molecule has 3 aromatic rings. The van der Waals surface area contributed by atoms with Crippen molar-refractivity contribution in [1.29, 1.82) is 0 Å². The zero-order chi connectivity index (χ0) is 28.2. The molecule has 0 atom stereocenters. The molecule has 0 N–H and O–H groups in total. The molecule has 0 radical (unpaired) electrons. The van der Waals surface area contributed by atoms with E-state index in [1.165, 1.54) is 0 Å². The zero-order valence-electron chi connectivity index (χ0n) is 16.8. The molecular weight excluding hydrogens is 587 g/mol. The lowest BCUT2D eigenvalue weighted by Gasteiger charge is -2.39. The Labute approximate surface area is 198 Å². The summed E-state index contributed by atoms with van der Waals surface area (Å²) in [5.41, 5.74) is -6.60. The maximum absolute atomic E-state index is 14.9. The van der Waals surface area contributed by atoms with Gasteiger partial charge < -0.3 is 0 Å². The molecule has 0 aliphatic carbocycles. The van der Waals surface area contributed by atoms with Gasteiger partial charge in [0.25, 0.3) is 0 Å². The smallest absolute Gasteiger partial charge is 0.202 e. The summed E-state index contributed by atoms with van der Waals surface area (Å²) in [6.07, 6.45) is 0. The Morgan fingerprint density at radius 3 is 1.11 bits per heavy atom. The van der Waals surface area contributed by atoms with Crippen LogP contribution in [0.5, 0.6) is 0 Å². The van der Waals surface area contributed by atoms with Crippen molar-refractivity contribution < 1.29 is 69.1 Å². The van der Waals surface area contributed by atoms with E-state index in [1.54, 1.807) is 0 Å². The average Bonchev–Trinajstić information content (AvgIpc) is 2.83. The Kier molecular flexibility index (Phi) is 7.25. The fraction of sp³-hybridized carbons (Fsp3) is 0.0526. The zero-order valence-corrected chi connectivity index (χ0v) is 18.5. The molecular formula is C19H5F13O3S2. The Bertz CT molecular complexity index is 1380. The van der Waals surface area contributed by atoms with E-state index in [-0.39, 0.29) is 0 Å². The quantitative estimate of drug-likeness (QED) is 0.137. The fourth-order valence-corrected chi connectivity index (χ4v) is 7.73. The van der Waals surface area contributed by atoms with Gasteiger partial charge in [0.1, 0.15) is 9.79 Å². The minimum atomic E-state index is -7.35. The molecule has 37 heavy (non-hydrogen) atoms. The van der Waals surface area contributed by atoms with E-state index in [4.69, 9.17) is 0 Å². The Morgan fingerprint density at radius 2 is 0.811 bits per heavy atom. The lowest BCUT2D eigenvalue weighted by molar-refractivity contribution is -0.0496. The van der Waals surface area contributed by atoms with Crippen molar-refractivity contribution in [2.45, 2.75) is 20.2 Å². The molecule has 0 aliphatic heterocycles. The fourth-order valence-electron chi connectivity index (χ4n) is 2.90. The van der Waals surface area contributed by atoms with Crippen molar-refractivity contribution in [2.24, 2.45) is 0 Å².